The summed E-state index contributed by atoms with van der Waals surface area (Å²) in [5, 5.41) is 5.58. The summed E-state index contributed by atoms with van der Waals surface area (Å²) in [6.45, 7) is 4.20. The van der Waals surface area contributed by atoms with E-state index in [4.69, 9.17) is 4.74 Å². The summed E-state index contributed by atoms with van der Waals surface area (Å²) in [6.07, 6.45) is 0. The molecule has 2 heterocycles. The van der Waals surface area contributed by atoms with Crippen molar-refractivity contribution in [3.63, 3.8) is 0 Å². The van der Waals surface area contributed by atoms with E-state index < -0.39 is 15.9 Å². The minimum atomic E-state index is -3.06. The summed E-state index contributed by atoms with van der Waals surface area (Å²) >= 11 is 1.56. The summed E-state index contributed by atoms with van der Waals surface area (Å²) in [6, 6.07) is 5.89. The topological polar surface area (TPSA) is 106 Å². The maximum absolute atomic E-state index is 12.4. The van der Waals surface area contributed by atoms with E-state index in [0.717, 1.165) is 10.7 Å². The Morgan fingerprint density at radius 1 is 1.24 bits per heavy atom. The van der Waals surface area contributed by atoms with Gasteiger partial charge < -0.3 is 15.0 Å². The molecule has 1 aliphatic heterocycles. The normalized spacial score (nSPS) is 16.8. The van der Waals surface area contributed by atoms with Crippen molar-refractivity contribution in [3.05, 3.63) is 45.9 Å². The number of carbonyl (C=O) groups is 2. The summed E-state index contributed by atoms with van der Waals surface area (Å²) in [5.41, 5.74) is 1.26. The molecule has 1 aromatic carbocycles. The second-order valence-electron chi connectivity index (χ2n) is 6.84. The highest BCUT2D eigenvalue weighted by atomic mass is 32.2. The highest BCUT2D eigenvalue weighted by Gasteiger charge is 2.28. The van der Waals surface area contributed by atoms with Crippen LogP contribution in [0, 0.1) is 6.92 Å². The number of amides is 2. The van der Waals surface area contributed by atoms with Crippen molar-refractivity contribution in [2.75, 3.05) is 24.6 Å². The van der Waals surface area contributed by atoms with Crippen molar-refractivity contribution < 1.29 is 22.7 Å². The highest BCUT2D eigenvalue weighted by molar-refractivity contribution is 7.91. The fourth-order valence-electron chi connectivity index (χ4n) is 2.88. The molecule has 1 saturated heterocycles. The Morgan fingerprint density at radius 3 is 2.48 bits per heavy atom. The van der Waals surface area contributed by atoms with Crippen molar-refractivity contribution in [1.82, 2.24) is 15.2 Å². The molecule has 2 aromatic rings. The van der Waals surface area contributed by atoms with Crippen molar-refractivity contribution in [2.24, 2.45) is 0 Å². The standard InChI is InChI=1S/C19H23N3O5S2/c1-13(19(24)22-7-9-29(25,26)10-8-22)20-18(23)15-3-5-17(6-4-15)27-11-16-12-28-14(2)21-16/h3-6,12-13H,7-11H2,1-2H3,(H,20,23). The van der Waals surface area contributed by atoms with Gasteiger partial charge >= 0.3 is 0 Å². The molecule has 1 aromatic heterocycles. The van der Waals surface area contributed by atoms with E-state index in [9.17, 15) is 18.0 Å². The highest BCUT2D eigenvalue weighted by Crippen LogP contribution is 2.16. The third-order valence-electron chi connectivity index (χ3n) is 4.54. The van der Waals surface area contributed by atoms with Crippen molar-refractivity contribution in [1.29, 1.82) is 0 Å². The molecule has 8 nitrogen and oxygen atoms in total. The minimum Gasteiger partial charge on any atom is -0.487 e. The van der Waals surface area contributed by atoms with Gasteiger partial charge in [0.25, 0.3) is 5.91 Å². The summed E-state index contributed by atoms with van der Waals surface area (Å²) in [5.74, 6) is -0.127. The average molecular weight is 438 g/mol. The van der Waals surface area contributed by atoms with E-state index in [-0.39, 0.29) is 36.4 Å². The number of thiazole rings is 1. The number of nitrogens with one attached hydrogen (secondary N) is 1. The summed E-state index contributed by atoms with van der Waals surface area (Å²) in [7, 11) is -3.06. The molecular formula is C19H23N3O5S2. The molecule has 0 bridgehead atoms. The van der Waals surface area contributed by atoms with Gasteiger partial charge in [-0.25, -0.2) is 13.4 Å². The third-order valence-corrected chi connectivity index (χ3v) is 6.98. The maximum atomic E-state index is 12.4. The first kappa shape index (κ1) is 21.3. The molecule has 0 radical (unpaired) electrons. The molecule has 29 heavy (non-hydrogen) atoms. The zero-order chi connectivity index (χ0) is 21.0. The number of rotatable bonds is 6. The average Bonchev–Trinajstić information content (AvgIpc) is 3.11. The molecule has 156 valence electrons. The van der Waals surface area contributed by atoms with Crippen LogP contribution in [0.25, 0.3) is 0 Å². The van der Waals surface area contributed by atoms with Gasteiger partial charge in [-0.1, -0.05) is 0 Å². The van der Waals surface area contributed by atoms with Gasteiger partial charge in [-0.05, 0) is 38.1 Å². The minimum absolute atomic E-state index is 0.0403. The second kappa shape index (κ2) is 8.91. The SMILES string of the molecule is Cc1nc(COc2ccc(C(=O)NC(C)C(=O)N3CCS(=O)(=O)CC3)cc2)cs1. The molecule has 1 aliphatic rings. The van der Waals surface area contributed by atoms with Crippen LogP contribution in [0.15, 0.2) is 29.6 Å². The number of carbonyl (C=O) groups excluding carboxylic acids is 2. The first-order chi connectivity index (χ1) is 13.7. The molecule has 0 aliphatic carbocycles. The Bertz CT molecular complexity index is 972. The van der Waals surface area contributed by atoms with E-state index in [1.54, 1.807) is 42.5 Å². The molecule has 1 atom stereocenters. The largest absolute Gasteiger partial charge is 0.487 e. The van der Waals surface area contributed by atoms with Crippen LogP contribution in [0.3, 0.4) is 0 Å². The number of sulfone groups is 1. The first-order valence-corrected chi connectivity index (χ1v) is 11.9. The van der Waals surface area contributed by atoms with Crippen LogP contribution in [0.2, 0.25) is 0 Å². The molecule has 0 saturated carbocycles. The van der Waals surface area contributed by atoms with Gasteiger partial charge in [-0.3, -0.25) is 9.59 Å². The molecule has 1 unspecified atom stereocenters. The van der Waals surface area contributed by atoms with Crippen LogP contribution >= 0.6 is 11.3 Å². The molecule has 0 spiro atoms. The molecule has 1 fully saturated rings. The van der Waals surface area contributed by atoms with Crippen LogP contribution in [0.1, 0.15) is 28.0 Å². The fourth-order valence-corrected chi connectivity index (χ4v) is 4.68. The Morgan fingerprint density at radius 2 is 1.90 bits per heavy atom. The number of benzene rings is 1. The summed E-state index contributed by atoms with van der Waals surface area (Å²) < 4.78 is 28.6. The van der Waals surface area contributed by atoms with Gasteiger partial charge in [-0.15, -0.1) is 11.3 Å². The van der Waals surface area contributed by atoms with E-state index in [2.05, 4.69) is 10.3 Å². The van der Waals surface area contributed by atoms with Gasteiger partial charge in [0.05, 0.1) is 22.2 Å². The van der Waals surface area contributed by atoms with E-state index in [1.165, 1.54) is 4.90 Å². The van der Waals surface area contributed by atoms with E-state index in [0.29, 0.717) is 17.9 Å². The number of hydrogen-bond acceptors (Lipinski definition) is 7. The fraction of sp³-hybridized carbons (Fsp3) is 0.421. The Balaban J connectivity index is 1.51. The number of aromatic nitrogens is 1. The molecule has 10 heteroatoms. The van der Waals surface area contributed by atoms with Crippen LogP contribution in [0.4, 0.5) is 0 Å². The summed E-state index contributed by atoms with van der Waals surface area (Å²) in [4.78, 5) is 30.7. The molecular weight excluding hydrogens is 414 g/mol. The lowest BCUT2D eigenvalue weighted by atomic mass is 10.2. The monoisotopic (exact) mass is 437 g/mol. The number of ether oxygens (including phenoxy) is 1. The Labute approximate surface area is 173 Å². The lowest BCUT2D eigenvalue weighted by molar-refractivity contribution is -0.132. The Kier molecular flexibility index (Phi) is 6.53. The molecule has 1 N–H and O–H groups in total. The van der Waals surface area contributed by atoms with Crippen LogP contribution < -0.4 is 10.1 Å². The zero-order valence-electron chi connectivity index (χ0n) is 16.3. The van der Waals surface area contributed by atoms with E-state index >= 15 is 0 Å². The van der Waals surface area contributed by atoms with Crippen LogP contribution in [-0.2, 0) is 21.2 Å². The number of aryl methyl sites for hydroxylation is 1. The van der Waals surface area contributed by atoms with Gasteiger partial charge in [-0.2, -0.15) is 0 Å². The van der Waals surface area contributed by atoms with Gasteiger partial charge in [0.15, 0.2) is 9.84 Å². The molecule has 3 rings (SSSR count). The predicted molar refractivity (Wildman–Crippen MR) is 110 cm³/mol. The number of hydrogen-bond donors (Lipinski definition) is 1. The Hall–Kier alpha value is -2.46. The second-order valence-corrected chi connectivity index (χ2v) is 10.2. The third kappa shape index (κ3) is 5.77. The lowest BCUT2D eigenvalue weighted by Gasteiger charge is -2.29. The van der Waals surface area contributed by atoms with Crippen molar-refractivity contribution in [2.45, 2.75) is 26.5 Å². The van der Waals surface area contributed by atoms with Crippen LogP contribution in [-0.4, -0.2) is 60.8 Å². The van der Waals surface area contributed by atoms with Gasteiger partial charge in [0.2, 0.25) is 5.91 Å². The van der Waals surface area contributed by atoms with Gasteiger partial charge in [0, 0.05) is 24.0 Å². The smallest absolute Gasteiger partial charge is 0.251 e. The van der Waals surface area contributed by atoms with Crippen molar-refractivity contribution >= 4 is 33.0 Å². The quantitative estimate of drug-likeness (QED) is 0.732. The zero-order valence-corrected chi connectivity index (χ0v) is 17.9. The lowest BCUT2D eigenvalue weighted by Crippen LogP contribution is -2.51. The predicted octanol–water partition coefficient (Wildman–Crippen LogP) is 1.41. The first-order valence-electron chi connectivity index (χ1n) is 9.17. The van der Waals surface area contributed by atoms with E-state index in [1.807, 2.05) is 12.3 Å². The van der Waals surface area contributed by atoms with Gasteiger partial charge in [0.1, 0.15) is 18.4 Å². The number of nitrogens with zero attached hydrogens (tertiary/aromatic N) is 2. The van der Waals surface area contributed by atoms with Crippen LogP contribution in [0.5, 0.6) is 5.75 Å². The maximum Gasteiger partial charge on any atom is 0.251 e. The molecule has 2 amide bonds. The van der Waals surface area contributed by atoms with Crippen molar-refractivity contribution in [3.8, 4) is 5.75 Å².